The molecule has 0 atom stereocenters. The van der Waals surface area contributed by atoms with E-state index in [-0.39, 0.29) is 5.91 Å². The number of nitrogens with one attached hydrogen (secondary N) is 2. The quantitative estimate of drug-likeness (QED) is 0.704. The minimum absolute atomic E-state index is 0.0788. The lowest BCUT2D eigenvalue weighted by molar-refractivity contribution is -0.120. The van der Waals surface area contributed by atoms with Crippen LogP contribution in [0.15, 0.2) is 12.3 Å². The summed E-state index contributed by atoms with van der Waals surface area (Å²) in [5, 5.41) is 14.8. The maximum Gasteiger partial charge on any atom is 0.221 e. The molecular weight excluding hydrogens is 228 g/mol. The second-order valence-electron chi connectivity index (χ2n) is 4.23. The molecule has 1 amide bonds. The number of amides is 1. The van der Waals surface area contributed by atoms with Crippen LogP contribution >= 0.6 is 0 Å². The van der Waals surface area contributed by atoms with Crippen molar-refractivity contribution in [2.24, 2.45) is 7.05 Å². The number of rotatable bonds is 7. The summed E-state index contributed by atoms with van der Waals surface area (Å²) in [4.78, 5) is 11.3. The zero-order valence-corrected chi connectivity index (χ0v) is 11.0. The van der Waals surface area contributed by atoms with Gasteiger partial charge in [0.25, 0.3) is 0 Å². The van der Waals surface area contributed by atoms with E-state index in [2.05, 4.69) is 16.7 Å². The molecule has 0 aliphatic heterocycles. The maximum absolute atomic E-state index is 11.3. The fourth-order valence-electron chi connectivity index (χ4n) is 1.63. The molecule has 0 aromatic carbocycles. The summed E-state index contributed by atoms with van der Waals surface area (Å²) in [5.41, 5.74) is 1.70. The monoisotopic (exact) mass is 248 g/mol. The highest BCUT2D eigenvalue weighted by Crippen LogP contribution is 2.05. The minimum atomic E-state index is 0.0788. The van der Waals surface area contributed by atoms with Crippen LogP contribution in [0.5, 0.6) is 0 Å². The Morgan fingerprint density at radius 1 is 1.50 bits per heavy atom. The molecule has 1 aromatic rings. The summed E-state index contributed by atoms with van der Waals surface area (Å²) in [7, 11) is 1.85. The highest BCUT2D eigenvalue weighted by molar-refractivity contribution is 5.75. The molecular formula is C13H20N4O. The first-order valence-corrected chi connectivity index (χ1v) is 6.20. The molecule has 98 valence electrons. The predicted octanol–water partition coefficient (Wildman–Crippen LogP) is 0.903. The Hall–Kier alpha value is -1.80. The average Bonchev–Trinajstić information content (AvgIpc) is 2.72. The molecule has 0 aliphatic carbocycles. The third-order valence-corrected chi connectivity index (χ3v) is 2.61. The summed E-state index contributed by atoms with van der Waals surface area (Å²) in [6.45, 7) is 4.09. The number of nitrogens with zero attached hydrogens (tertiary/aromatic N) is 2. The molecule has 1 heterocycles. The van der Waals surface area contributed by atoms with Crippen LogP contribution < -0.4 is 10.6 Å². The highest BCUT2D eigenvalue weighted by atomic mass is 16.1. The van der Waals surface area contributed by atoms with Crippen LogP contribution in [0.1, 0.15) is 31.0 Å². The summed E-state index contributed by atoms with van der Waals surface area (Å²) in [5.74, 6) is 0.0788. The van der Waals surface area contributed by atoms with Crippen LogP contribution in [0.2, 0.25) is 0 Å². The fourth-order valence-corrected chi connectivity index (χ4v) is 1.63. The van der Waals surface area contributed by atoms with Crippen molar-refractivity contribution in [3.8, 4) is 6.07 Å². The van der Waals surface area contributed by atoms with Gasteiger partial charge in [0.05, 0.1) is 0 Å². The molecule has 5 nitrogen and oxygen atoms in total. The van der Waals surface area contributed by atoms with Crippen molar-refractivity contribution in [1.82, 2.24) is 15.2 Å². The Kier molecular flexibility index (Phi) is 5.95. The fraction of sp³-hybridized carbons (Fsp3) is 0.538. The van der Waals surface area contributed by atoms with Crippen molar-refractivity contribution in [3.05, 3.63) is 23.5 Å². The highest BCUT2D eigenvalue weighted by Gasteiger charge is 2.02. The maximum atomic E-state index is 11.3. The van der Waals surface area contributed by atoms with Gasteiger partial charge in [-0.1, -0.05) is 6.92 Å². The van der Waals surface area contributed by atoms with Crippen molar-refractivity contribution in [3.63, 3.8) is 0 Å². The zero-order valence-electron chi connectivity index (χ0n) is 11.0. The van der Waals surface area contributed by atoms with Crippen LogP contribution in [-0.4, -0.2) is 23.6 Å². The largest absolute Gasteiger partial charge is 0.356 e. The molecule has 0 radical (unpaired) electrons. The molecule has 0 spiro atoms. The van der Waals surface area contributed by atoms with Gasteiger partial charge in [-0.3, -0.25) is 4.79 Å². The second kappa shape index (κ2) is 7.51. The van der Waals surface area contributed by atoms with E-state index in [1.807, 2.05) is 26.2 Å². The third-order valence-electron chi connectivity index (χ3n) is 2.61. The van der Waals surface area contributed by atoms with Crippen LogP contribution in [0.3, 0.4) is 0 Å². The normalized spacial score (nSPS) is 10.1. The standard InChI is InChI=1S/C13H20N4O/c1-3-5-16-13(18)4-6-15-9-11-7-12(8-14)17(2)10-11/h7,10,15H,3-6,9H2,1-2H3,(H,16,18). The van der Waals surface area contributed by atoms with Crippen LogP contribution in [0.25, 0.3) is 0 Å². The topological polar surface area (TPSA) is 69.8 Å². The van der Waals surface area contributed by atoms with Gasteiger partial charge in [0.1, 0.15) is 11.8 Å². The molecule has 0 unspecified atom stereocenters. The lowest BCUT2D eigenvalue weighted by Crippen LogP contribution is -2.27. The van der Waals surface area contributed by atoms with E-state index in [0.717, 1.165) is 18.5 Å². The number of carbonyl (C=O) groups excluding carboxylic acids is 1. The van der Waals surface area contributed by atoms with E-state index in [1.54, 1.807) is 4.57 Å². The number of aromatic nitrogens is 1. The van der Waals surface area contributed by atoms with Gasteiger partial charge in [0, 0.05) is 39.3 Å². The first-order chi connectivity index (χ1) is 8.67. The average molecular weight is 248 g/mol. The van der Waals surface area contributed by atoms with E-state index in [4.69, 9.17) is 5.26 Å². The minimum Gasteiger partial charge on any atom is -0.356 e. The molecule has 5 heteroatoms. The number of hydrogen-bond donors (Lipinski definition) is 2. The Morgan fingerprint density at radius 2 is 2.28 bits per heavy atom. The first kappa shape index (κ1) is 14.3. The van der Waals surface area contributed by atoms with E-state index in [1.165, 1.54) is 0 Å². The van der Waals surface area contributed by atoms with E-state index in [0.29, 0.717) is 25.2 Å². The van der Waals surface area contributed by atoms with Gasteiger partial charge in [-0.25, -0.2) is 0 Å². The lowest BCUT2D eigenvalue weighted by atomic mass is 10.3. The van der Waals surface area contributed by atoms with E-state index >= 15 is 0 Å². The van der Waals surface area contributed by atoms with Gasteiger partial charge in [0.2, 0.25) is 5.91 Å². The predicted molar refractivity (Wildman–Crippen MR) is 69.8 cm³/mol. The number of carbonyl (C=O) groups is 1. The summed E-state index contributed by atoms with van der Waals surface area (Å²) >= 11 is 0. The third kappa shape index (κ3) is 4.60. The second-order valence-corrected chi connectivity index (χ2v) is 4.23. The summed E-state index contributed by atoms with van der Waals surface area (Å²) in [6.07, 6.45) is 3.36. The Morgan fingerprint density at radius 3 is 2.89 bits per heavy atom. The molecule has 0 saturated carbocycles. The molecule has 1 aromatic heterocycles. The molecule has 18 heavy (non-hydrogen) atoms. The number of nitriles is 1. The zero-order chi connectivity index (χ0) is 13.4. The van der Waals surface area contributed by atoms with Gasteiger partial charge in [0.15, 0.2) is 0 Å². The lowest BCUT2D eigenvalue weighted by Gasteiger charge is -2.04. The Balaban J connectivity index is 2.21. The van der Waals surface area contributed by atoms with Crippen molar-refractivity contribution in [1.29, 1.82) is 5.26 Å². The smallest absolute Gasteiger partial charge is 0.221 e. The summed E-state index contributed by atoms with van der Waals surface area (Å²) in [6, 6.07) is 3.97. The Bertz CT molecular complexity index is 431. The molecule has 0 aliphatic rings. The van der Waals surface area contributed by atoms with E-state index < -0.39 is 0 Å². The molecule has 0 saturated heterocycles. The van der Waals surface area contributed by atoms with Crippen molar-refractivity contribution in [2.75, 3.05) is 13.1 Å². The van der Waals surface area contributed by atoms with Gasteiger partial charge in [-0.15, -0.1) is 0 Å². The van der Waals surface area contributed by atoms with Crippen LogP contribution in [0.4, 0.5) is 0 Å². The Labute approximate surface area is 108 Å². The number of aryl methyl sites for hydroxylation is 1. The van der Waals surface area contributed by atoms with Crippen molar-refractivity contribution in [2.45, 2.75) is 26.3 Å². The molecule has 0 fully saturated rings. The van der Waals surface area contributed by atoms with Crippen molar-refractivity contribution < 1.29 is 4.79 Å². The van der Waals surface area contributed by atoms with E-state index in [9.17, 15) is 4.79 Å². The van der Waals surface area contributed by atoms with Gasteiger partial charge in [-0.2, -0.15) is 5.26 Å². The number of hydrogen-bond acceptors (Lipinski definition) is 3. The van der Waals surface area contributed by atoms with Gasteiger partial charge < -0.3 is 15.2 Å². The molecule has 2 N–H and O–H groups in total. The van der Waals surface area contributed by atoms with Gasteiger partial charge >= 0.3 is 0 Å². The molecule has 0 bridgehead atoms. The SMILES string of the molecule is CCCNC(=O)CCNCc1cc(C#N)n(C)c1. The molecule has 1 rings (SSSR count). The van der Waals surface area contributed by atoms with Crippen LogP contribution in [0, 0.1) is 11.3 Å². The van der Waals surface area contributed by atoms with Crippen LogP contribution in [-0.2, 0) is 18.4 Å². The summed E-state index contributed by atoms with van der Waals surface area (Å²) < 4.78 is 1.80. The van der Waals surface area contributed by atoms with Gasteiger partial charge in [-0.05, 0) is 18.1 Å². The van der Waals surface area contributed by atoms with Crippen molar-refractivity contribution >= 4 is 5.91 Å². The first-order valence-electron chi connectivity index (χ1n) is 6.20.